The van der Waals surface area contributed by atoms with Crippen molar-refractivity contribution in [1.29, 1.82) is 0 Å². The number of epoxide rings is 1. The summed E-state index contributed by atoms with van der Waals surface area (Å²) in [6.45, 7) is 6.47. The minimum Gasteiger partial charge on any atom is -0.458 e. The topological polar surface area (TPSA) is 48.1 Å². The van der Waals surface area contributed by atoms with Gasteiger partial charge >= 0.3 is 5.97 Å². The monoisotopic (exact) mass is 264 g/mol. The molecular weight excluding hydrogens is 244 g/mol. The molecule has 1 heterocycles. The van der Waals surface area contributed by atoms with E-state index in [1.807, 2.05) is 51.1 Å². The van der Waals surface area contributed by atoms with Gasteiger partial charge in [-0.1, -0.05) is 30.3 Å². The number of carbonyl (C=O) groups is 1. The molecule has 0 aromatic heterocycles. The van der Waals surface area contributed by atoms with Crippen LogP contribution in [0.1, 0.15) is 26.3 Å². The van der Waals surface area contributed by atoms with Crippen molar-refractivity contribution in [3.05, 3.63) is 35.9 Å². The smallest absolute Gasteiger partial charge is 0.338 e. The third kappa shape index (κ3) is 4.65. The van der Waals surface area contributed by atoms with Crippen LogP contribution in [-0.4, -0.2) is 30.4 Å². The van der Waals surface area contributed by atoms with Crippen molar-refractivity contribution in [3.63, 3.8) is 0 Å². The first kappa shape index (κ1) is 14.0. The summed E-state index contributed by atoms with van der Waals surface area (Å²) in [5, 5.41) is 0. The van der Waals surface area contributed by atoms with Gasteiger partial charge in [0.2, 0.25) is 0 Å². The number of carbonyl (C=O) groups excluding carboxylic acids is 1. The summed E-state index contributed by atoms with van der Waals surface area (Å²) in [6, 6.07) is 9.90. The number of hydrogen-bond acceptors (Lipinski definition) is 4. The van der Waals surface area contributed by atoms with Gasteiger partial charge in [0.1, 0.15) is 11.7 Å². The van der Waals surface area contributed by atoms with Crippen LogP contribution in [0.15, 0.2) is 30.3 Å². The zero-order chi connectivity index (χ0) is 13.9. The average Bonchev–Trinajstić information content (AvgIpc) is 3.08. The Morgan fingerprint density at radius 3 is 2.58 bits per heavy atom. The zero-order valence-corrected chi connectivity index (χ0v) is 11.6. The minimum absolute atomic E-state index is 0.168. The number of ether oxygens (including phenoxy) is 3. The molecule has 0 unspecified atom stereocenters. The molecule has 1 aromatic rings. The quantitative estimate of drug-likeness (QED) is 0.605. The van der Waals surface area contributed by atoms with Crippen molar-refractivity contribution in [1.82, 2.24) is 0 Å². The molecule has 0 bridgehead atoms. The minimum atomic E-state index is -0.474. The molecule has 0 aliphatic carbocycles. The normalized spacial score (nSPS) is 22.1. The first-order chi connectivity index (χ1) is 8.96. The highest BCUT2D eigenvalue weighted by Crippen LogP contribution is 2.26. The van der Waals surface area contributed by atoms with Crippen LogP contribution in [0.25, 0.3) is 0 Å². The number of esters is 1. The van der Waals surface area contributed by atoms with Crippen LogP contribution < -0.4 is 0 Å². The predicted octanol–water partition coefficient (Wildman–Crippen LogP) is 2.31. The van der Waals surface area contributed by atoms with Crippen LogP contribution in [0, 0.1) is 0 Å². The highest BCUT2D eigenvalue weighted by Gasteiger charge is 2.47. The first-order valence-corrected chi connectivity index (χ1v) is 6.46. The molecule has 4 heteroatoms. The molecule has 1 aliphatic heterocycles. The lowest BCUT2D eigenvalue weighted by Crippen LogP contribution is -2.28. The largest absolute Gasteiger partial charge is 0.458 e. The SMILES string of the molecule is CC(C)(C)OC(=O)[C@@H]1O[C@H]1COCc1ccccc1. The number of rotatable bonds is 5. The summed E-state index contributed by atoms with van der Waals surface area (Å²) >= 11 is 0. The Morgan fingerprint density at radius 2 is 1.95 bits per heavy atom. The van der Waals surface area contributed by atoms with Crippen molar-refractivity contribution < 1.29 is 19.0 Å². The summed E-state index contributed by atoms with van der Waals surface area (Å²) < 4.78 is 16.0. The van der Waals surface area contributed by atoms with Crippen molar-refractivity contribution in [2.75, 3.05) is 6.61 Å². The van der Waals surface area contributed by atoms with Gasteiger partial charge in [0.15, 0.2) is 6.10 Å². The molecule has 1 aromatic carbocycles. The molecule has 19 heavy (non-hydrogen) atoms. The van der Waals surface area contributed by atoms with Crippen LogP contribution in [0.5, 0.6) is 0 Å². The zero-order valence-electron chi connectivity index (χ0n) is 11.6. The second-order valence-corrected chi connectivity index (χ2v) is 5.63. The Hall–Kier alpha value is -1.39. The Morgan fingerprint density at radius 1 is 1.26 bits per heavy atom. The van der Waals surface area contributed by atoms with Gasteiger partial charge in [-0.2, -0.15) is 0 Å². The molecule has 1 fully saturated rings. The van der Waals surface area contributed by atoms with E-state index in [0.29, 0.717) is 13.2 Å². The van der Waals surface area contributed by atoms with Gasteiger partial charge in [-0.05, 0) is 26.3 Å². The van der Waals surface area contributed by atoms with E-state index in [2.05, 4.69) is 0 Å². The molecule has 1 saturated heterocycles. The van der Waals surface area contributed by atoms with E-state index >= 15 is 0 Å². The molecular formula is C15H20O4. The van der Waals surface area contributed by atoms with Crippen LogP contribution in [0.4, 0.5) is 0 Å². The van der Waals surface area contributed by atoms with E-state index in [-0.39, 0.29) is 12.1 Å². The van der Waals surface area contributed by atoms with E-state index < -0.39 is 11.7 Å². The third-order valence-corrected chi connectivity index (χ3v) is 2.62. The summed E-state index contributed by atoms with van der Waals surface area (Å²) in [5.74, 6) is -0.305. The van der Waals surface area contributed by atoms with E-state index in [9.17, 15) is 4.79 Å². The molecule has 0 spiro atoms. The van der Waals surface area contributed by atoms with Crippen molar-refractivity contribution in [2.45, 2.75) is 45.2 Å². The fraction of sp³-hybridized carbons (Fsp3) is 0.533. The first-order valence-electron chi connectivity index (χ1n) is 6.46. The van der Waals surface area contributed by atoms with Gasteiger partial charge < -0.3 is 14.2 Å². The Labute approximate surface area is 113 Å². The fourth-order valence-corrected chi connectivity index (χ4v) is 1.70. The van der Waals surface area contributed by atoms with Crippen LogP contribution in [-0.2, 0) is 25.6 Å². The maximum atomic E-state index is 11.7. The molecule has 2 rings (SSSR count). The van der Waals surface area contributed by atoms with Gasteiger partial charge in [0.25, 0.3) is 0 Å². The fourth-order valence-electron chi connectivity index (χ4n) is 1.70. The third-order valence-electron chi connectivity index (χ3n) is 2.62. The lowest BCUT2D eigenvalue weighted by molar-refractivity contribution is -0.156. The molecule has 104 valence electrons. The number of hydrogen-bond donors (Lipinski definition) is 0. The molecule has 0 N–H and O–H groups in total. The summed E-state index contributed by atoms with van der Waals surface area (Å²) in [6.07, 6.45) is -0.631. The van der Waals surface area contributed by atoms with E-state index in [1.54, 1.807) is 0 Å². The van der Waals surface area contributed by atoms with Crippen LogP contribution in [0.3, 0.4) is 0 Å². The highest BCUT2D eigenvalue weighted by atomic mass is 16.7. The lowest BCUT2D eigenvalue weighted by Gasteiger charge is -2.18. The van der Waals surface area contributed by atoms with Crippen molar-refractivity contribution in [3.8, 4) is 0 Å². The predicted molar refractivity (Wildman–Crippen MR) is 70.6 cm³/mol. The van der Waals surface area contributed by atoms with E-state index in [0.717, 1.165) is 5.56 Å². The maximum absolute atomic E-state index is 11.7. The average molecular weight is 264 g/mol. The second kappa shape index (κ2) is 5.72. The van der Waals surface area contributed by atoms with Gasteiger partial charge in [-0.25, -0.2) is 4.79 Å². The highest BCUT2D eigenvalue weighted by molar-refractivity contribution is 5.78. The van der Waals surface area contributed by atoms with E-state index in [1.165, 1.54) is 0 Å². The van der Waals surface area contributed by atoms with Crippen molar-refractivity contribution in [2.24, 2.45) is 0 Å². The summed E-state index contributed by atoms with van der Waals surface area (Å²) in [7, 11) is 0. The molecule has 0 amide bonds. The Bertz CT molecular complexity index is 422. The summed E-state index contributed by atoms with van der Waals surface area (Å²) in [4.78, 5) is 11.7. The van der Waals surface area contributed by atoms with Gasteiger partial charge in [-0.3, -0.25) is 0 Å². The van der Waals surface area contributed by atoms with E-state index in [4.69, 9.17) is 14.2 Å². The van der Waals surface area contributed by atoms with Crippen LogP contribution in [0.2, 0.25) is 0 Å². The maximum Gasteiger partial charge on any atom is 0.338 e. The second-order valence-electron chi connectivity index (χ2n) is 5.63. The van der Waals surface area contributed by atoms with Gasteiger partial charge in [0.05, 0.1) is 13.2 Å². The van der Waals surface area contributed by atoms with Crippen LogP contribution >= 0.6 is 0 Å². The summed E-state index contributed by atoms with van der Waals surface area (Å²) in [5.41, 5.74) is 0.635. The molecule has 0 radical (unpaired) electrons. The molecule has 0 saturated carbocycles. The standard InChI is InChI=1S/C15H20O4/c1-15(2,3)19-14(16)13-12(18-13)10-17-9-11-7-5-4-6-8-11/h4-8,12-13H,9-10H2,1-3H3/t12-,13+/m0/s1. The Kier molecular flexibility index (Phi) is 4.22. The molecule has 4 nitrogen and oxygen atoms in total. The van der Waals surface area contributed by atoms with Gasteiger partial charge in [-0.15, -0.1) is 0 Å². The lowest BCUT2D eigenvalue weighted by atomic mass is 10.2. The Balaban J connectivity index is 1.66. The molecule has 2 atom stereocenters. The van der Waals surface area contributed by atoms with Crippen molar-refractivity contribution >= 4 is 5.97 Å². The van der Waals surface area contributed by atoms with Gasteiger partial charge in [0, 0.05) is 0 Å². The molecule has 1 aliphatic rings. The number of benzene rings is 1.